The van der Waals surface area contributed by atoms with Crippen LogP contribution in [-0.4, -0.2) is 114 Å². The summed E-state index contributed by atoms with van der Waals surface area (Å²) in [4.78, 5) is 44.2. The van der Waals surface area contributed by atoms with Crippen molar-refractivity contribution in [2.45, 2.75) is 42.7 Å². The molecule has 13 heteroatoms. The Labute approximate surface area is 139 Å². The number of esters is 1. The zero-order chi connectivity index (χ0) is 19.9. The molecule has 0 saturated carbocycles. The van der Waals surface area contributed by atoms with E-state index < -0.39 is 67.1 Å². The molecule has 0 radical (unpaired) electrons. The van der Waals surface area contributed by atoms with Gasteiger partial charge in [-0.3, -0.25) is 9.59 Å². The van der Waals surface area contributed by atoms with Gasteiger partial charge in [0.15, 0.2) is 24.6 Å². The average molecular weight is 370 g/mol. The number of aliphatic carboxylic acids is 1. The lowest BCUT2D eigenvalue weighted by Gasteiger charge is -2.25. The molecule has 25 heavy (non-hydrogen) atoms. The van der Waals surface area contributed by atoms with E-state index in [1.807, 2.05) is 0 Å². The molecule has 0 aromatic carbocycles. The quantitative estimate of drug-likeness (QED) is 0.0960. The van der Waals surface area contributed by atoms with Crippen LogP contribution in [0.5, 0.6) is 0 Å². The van der Waals surface area contributed by atoms with E-state index in [9.17, 15) is 39.6 Å². The molecule has 0 rings (SSSR count). The van der Waals surface area contributed by atoms with Crippen molar-refractivity contribution < 1.29 is 64.8 Å². The van der Waals surface area contributed by atoms with Crippen molar-refractivity contribution in [2.75, 3.05) is 6.61 Å². The number of ketones is 1. The van der Waals surface area contributed by atoms with Crippen LogP contribution in [0.4, 0.5) is 0 Å². The number of hydrogen-bond donors (Lipinski definition) is 8. The molecule has 0 aliphatic carbocycles. The number of carboxylic acid groups (broad SMARTS) is 1. The van der Waals surface area contributed by atoms with E-state index in [-0.39, 0.29) is 6.29 Å². The minimum Gasteiger partial charge on any atom is -0.479 e. The third kappa shape index (κ3) is 6.09. The fraction of sp³-hybridized carbons (Fsp3) is 0.667. The zero-order valence-corrected chi connectivity index (χ0v) is 12.4. The predicted octanol–water partition coefficient (Wildman–Crippen LogP) is -6.09. The second-order valence-corrected chi connectivity index (χ2v) is 4.82. The predicted molar refractivity (Wildman–Crippen MR) is 71.7 cm³/mol. The number of aliphatic hydroxyl groups is 7. The van der Waals surface area contributed by atoms with Crippen molar-refractivity contribution in [3.63, 3.8) is 0 Å². The van der Waals surface area contributed by atoms with E-state index in [0.717, 1.165) is 0 Å². The molecule has 0 aliphatic rings. The van der Waals surface area contributed by atoms with Crippen molar-refractivity contribution in [3.8, 4) is 0 Å². The van der Waals surface area contributed by atoms with Crippen LogP contribution in [0, 0.1) is 0 Å². The second kappa shape index (κ2) is 10.1. The van der Waals surface area contributed by atoms with E-state index >= 15 is 0 Å². The Morgan fingerprint density at radius 1 is 0.880 bits per heavy atom. The number of rotatable bonds is 11. The molecule has 0 unspecified atom stereocenters. The second-order valence-electron chi connectivity index (χ2n) is 4.82. The van der Waals surface area contributed by atoms with Crippen LogP contribution in [0.2, 0.25) is 0 Å². The van der Waals surface area contributed by atoms with Crippen LogP contribution in [0.25, 0.3) is 0 Å². The first-order valence-electron chi connectivity index (χ1n) is 6.61. The summed E-state index contributed by atoms with van der Waals surface area (Å²) < 4.78 is 4.17. The number of hydrogen-bond acceptors (Lipinski definition) is 12. The number of carbonyl (C=O) groups excluding carboxylic acids is 3. The summed E-state index contributed by atoms with van der Waals surface area (Å²) in [6, 6.07) is 0. The molecular weight excluding hydrogens is 352 g/mol. The van der Waals surface area contributed by atoms with Crippen LogP contribution >= 0.6 is 0 Å². The first-order chi connectivity index (χ1) is 11.5. The number of aliphatic hydroxyl groups excluding tert-OH is 7. The van der Waals surface area contributed by atoms with E-state index in [2.05, 4.69) is 4.74 Å². The highest BCUT2D eigenvalue weighted by atomic mass is 16.6. The van der Waals surface area contributed by atoms with Gasteiger partial charge in [-0.15, -0.1) is 0 Å². The van der Waals surface area contributed by atoms with Gasteiger partial charge in [-0.2, -0.15) is 0 Å². The van der Waals surface area contributed by atoms with Gasteiger partial charge in [-0.1, -0.05) is 0 Å². The molecule has 0 heterocycles. The molecule has 13 nitrogen and oxygen atoms in total. The molecule has 0 saturated heterocycles. The van der Waals surface area contributed by atoms with Crippen molar-refractivity contribution in [1.82, 2.24) is 0 Å². The molecule has 0 aliphatic heterocycles. The topological polar surface area (TPSA) is 239 Å². The van der Waals surface area contributed by atoms with Crippen molar-refractivity contribution in [2.24, 2.45) is 0 Å². The zero-order valence-electron chi connectivity index (χ0n) is 12.4. The Balaban J connectivity index is 5.01. The van der Waals surface area contributed by atoms with Gasteiger partial charge >= 0.3 is 11.9 Å². The van der Waals surface area contributed by atoms with Gasteiger partial charge in [0.25, 0.3) is 5.78 Å². The van der Waals surface area contributed by atoms with E-state index in [0.29, 0.717) is 0 Å². The maximum atomic E-state index is 11.5. The molecule has 0 aromatic heterocycles. The minimum atomic E-state index is -2.55. The van der Waals surface area contributed by atoms with Gasteiger partial charge in [-0.05, 0) is 0 Å². The van der Waals surface area contributed by atoms with Crippen molar-refractivity contribution in [1.29, 1.82) is 0 Å². The average Bonchev–Trinajstić information content (AvgIpc) is 2.60. The summed E-state index contributed by atoms with van der Waals surface area (Å²) in [6.45, 7) is -1.06. The fourth-order valence-electron chi connectivity index (χ4n) is 1.48. The Bertz CT molecular complexity index is 491. The number of Topliss-reactive ketones (excluding diaryl/α,β-unsaturated/α-hetero) is 1. The maximum Gasteiger partial charge on any atom is 0.378 e. The third-order valence-corrected chi connectivity index (χ3v) is 3.01. The molecule has 144 valence electrons. The van der Waals surface area contributed by atoms with Gasteiger partial charge in [0.1, 0.15) is 24.4 Å². The molecule has 0 spiro atoms. The molecule has 0 amide bonds. The van der Waals surface area contributed by atoms with Crippen LogP contribution in [0.1, 0.15) is 0 Å². The standard InChI is InChI=1S/C12H18O13/c13-1-3(15)5(16)7(18)10(21)12(24)25-4(2-14)6(17)8(19)9(20)11(22)23/h2-9,13,15-20H,1H2,(H,22,23)/t3-,4+,5-,6+,7+,8-,9-/m0/s1. The lowest BCUT2D eigenvalue weighted by molar-refractivity contribution is -0.179. The largest absolute Gasteiger partial charge is 0.479 e. The van der Waals surface area contributed by atoms with Crippen molar-refractivity contribution >= 4 is 24.0 Å². The summed E-state index contributed by atoms with van der Waals surface area (Å²) >= 11 is 0. The van der Waals surface area contributed by atoms with Gasteiger partial charge in [0.2, 0.25) is 0 Å². The highest BCUT2D eigenvalue weighted by Gasteiger charge is 2.40. The molecule has 7 atom stereocenters. The minimum absolute atomic E-state index is 0.293. The Hall–Kier alpha value is -2.00. The van der Waals surface area contributed by atoms with Crippen LogP contribution in [-0.2, 0) is 23.9 Å². The van der Waals surface area contributed by atoms with Gasteiger partial charge < -0.3 is 45.6 Å². The summed E-state index contributed by atoms with van der Waals surface area (Å²) in [7, 11) is 0. The maximum absolute atomic E-state index is 11.5. The highest BCUT2D eigenvalue weighted by molar-refractivity contribution is 6.35. The van der Waals surface area contributed by atoms with E-state index in [4.69, 9.17) is 20.4 Å². The molecule has 0 fully saturated rings. The monoisotopic (exact) mass is 370 g/mol. The van der Waals surface area contributed by atoms with Crippen LogP contribution in [0.15, 0.2) is 0 Å². The van der Waals surface area contributed by atoms with E-state index in [1.165, 1.54) is 0 Å². The van der Waals surface area contributed by atoms with Gasteiger partial charge in [0.05, 0.1) is 6.61 Å². The van der Waals surface area contributed by atoms with E-state index in [1.54, 1.807) is 0 Å². The van der Waals surface area contributed by atoms with Crippen LogP contribution < -0.4 is 0 Å². The summed E-state index contributed by atoms with van der Waals surface area (Å²) in [5, 5.41) is 72.6. The summed E-state index contributed by atoms with van der Waals surface area (Å²) in [6.07, 6.45) is -16.8. The molecular formula is C12H18O13. The third-order valence-electron chi connectivity index (χ3n) is 3.01. The SMILES string of the molecule is O=C[C@@H](OC(=O)C(=O)[C@H](O)[C@@H](O)[C@@H](O)CO)[C@@H](O)[C@H](O)[C@H](O)C(=O)O. The van der Waals surface area contributed by atoms with Gasteiger partial charge in [0, 0.05) is 0 Å². The number of ether oxygens (including phenoxy) is 1. The number of carboxylic acids is 1. The van der Waals surface area contributed by atoms with Crippen molar-refractivity contribution in [3.05, 3.63) is 0 Å². The number of carbonyl (C=O) groups is 4. The molecule has 8 N–H and O–H groups in total. The van der Waals surface area contributed by atoms with Gasteiger partial charge in [-0.25, -0.2) is 9.59 Å². The lowest BCUT2D eigenvalue weighted by atomic mass is 10.0. The van der Waals surface area contributed by atoms with Crippen LogP contribution in [0.3, 0.4) is 0 Å². The Morgan fingerprint density at radius 3 is 1.80 bits per heavy atom. The fourth-order valence-corrected chi connectivity index (χ4v) is 1.48. The summed E-state index contributed by atoms with van der Waals surface area (Å²) in [5.74, 6) is -5.81. The Morgan fingerprint density at radius 2 is 1.40 bits per heavy atom. The number of aldehydes is 1. The normalized spacial score (nSPS) is 19.6. The molecule has 0 bridgehead atoms. The Kier molecular flexibility index (Phi) is 9.29. The smallest absolute Gasteiger partial charge is 0.378 e. The first-order valence-corrected chi connectivity index (χ1v) is 6.61. The summed E-state index contributed by atoms with van der Waals surface area (Å²) in [5.41, 5.74) is 0. The first kappa shape index (κ1) is 23.0. The lowest BCUT2D eigenvalue weighted by Crippen LogP contribution is -2.51. The highest BCUT2D eigenvalue weighted by Crippen LogP contribution is 2.10. The molecule has 0 aromatic rings.